The minimum absolute atomic E-state index is 0.0387. The molecule has 5 heteroatoms. The molecule has 0 spiro atoms. The Bertz CT molecular complexity index is 445. The second kappa shape index (κ2) is 8.64. The predicted molar refractivity (Wildman–Crippen MR) is 83.1 cm³/mol. The third-order valence-electron chi connectivity index (χ3n) is 3.75. The van der Waals surface area contributed by atoms with Crippen molar-refractivity contribution in [2.75, 3.05) is 32.8 Å². The zero-order valence-electron chi connectivity index (χ0n) is 12.5. The highest BCUT2D eigenvalue weighted by atomic mass is 16.5. The molecule has 0 radical (unpaired) electrons. The van der Waals surface area contributed by atoms with Gasteiger partial charge in [0.1, 0.15) is 5.75 Å². The van der Waals surface area contributed by atoms with Gasteiger partial charge in [-0.15, -0.1) is 0 Å². The number of benzene rings is 1. The number of nitrogens with one attached hydrogen (secondary N) is 1. The zero-order chi connectivity index (χ0) is 14.9. The third-order valence-corrected chi connectivity index (χ3v) is 3.75. The van der Waals surface area contributed by atoms with Crippen LogP contribution in [-0.4, -0.2) is 43.6 Å². The average molecular weight is 291 g/mol. The lowest BCUT2D eigenvalue weighted by atomic mass is 10.1. The van der Waals surface area contributed by atoms with Crippen molar-refractivity contribution in [2.24, 2.45) is 5.73 Å². The number of carbonyl (C=O) groups is 1. The van der Waals surface area contributed by atoms with Gasteiger partial charge < -0.3 is 20.7 Å². The van der Waals surface area contributed by atoms with Crippen LogP contribution in [0.25, 0.3) is 0 Å². The Morgan fingerprint density at radius 3 is 2.76 bits per heavy atom. The molecule has 1 aromatic carbocycles. The Hall–Kier alpha value is -1.59. The summed E-state index contributed by atoms with van der Waals surface area (Å²) in [5.41, 5.74) is 6.55. The molecule has 0 unspecified atom stereocenters. The molecule has 1 saturated heterocycles. The molecule has 0 saturated carbocycles. The number of likely N-dealkylation sites (tertiary alicyclic amines) is 1. The summed E-state index contributed by atoms with van der Waals surface area (Å²) in [5.74, 6) is 0.602. The normalized spacial score (nSPS) is 15.7. The Kier molecular flexibility index (Phi) is 6.50. The number of nitrogens with zero attached hydrogens (tertiary/aromatic N) is 1. The summed E-state index contributed by atoms with van der Waals surface area (Å²) in [4.78, 5) is 14.2. The lowest BCUT2D eigenvalue weighted by molar-refractivity contribution is -0.123. The van der Waals surface area contributed by atoms with E-state index >= 15 is 0 Å². The van der Waals surface area contributed by atoms with Crippen molar-refractivity contribution in [1.29, 1.82) is 0 Å². The van der Waals surface area contributed by atoms with Crippen LogP contribution in [0.15, 0.2) is 24.3 Å². The van der Waals surface area contributed by atoms with E-state index in [0.29, 0.717) is 18.8 Å². The fraction of sp³-hybridized carbons (Fsp3) is 0.562. The number of hydrogen-bond donors (Lipinski definition) is 2. The number of nitrogens with two attached hydrogens (primary N) is 1. The topological polar surface area (TPSA) is 67.6 Å². The third kappa shape index (κ3) is 5.36. The van der Waals surface area contributed by atoms with E-state index in [4.69, 9.17) is 10.5 Å². The van der Waals surface area contributed by atoms with Crippen molar-refractivity contribution in [3.63, 3.8) is 0 Å². The summed E-state index contributed by atoms with van der Waals surface area (Å²) < 4.78 is 5.53. The fourth-order valence-corrected chi connectivity index (χ4v) is 2.54. The van der Waals surface area contributed by atoms with Gasteiger partial charge in [0, 0.05) is 25.2 Å². The van der Waals surface area contributed by atoms with Gasteiger partial charge in [-0.25, -0.2) is 0 Å². The van der Waals surface area contributed by atoms with E-state index < -0.39 is 0 Å². The number of carbonyl (C=O) groups excluding carboxylic acids is 1. The monoisotopic (exact) mass is 291 g/mol. The maximum absolute atomic E-state index is 11.8. The number of amides is 1. The molecule has 1 aromatic rings. The minimum atomic E-state index is -0.0844. The molecule has 5 nitrogen and oxygen atoms in total. The van der Waals surface area contributed by atoms with Crippen LogP contribution in [0.1, 0.15) is 24.8 Å². The first-order valence-electron chi connectivity index (χ1n) is 7.69. The smallest absolute Gasteiger partial charge is 0.257 e. The SMILES string of the molecule is NCc1ccccc1OCC(=O)NCCN1CCCCC1. The van der Waals surface area contributed by atoms with Gasteiger partial charge in [0.25, 0.3) is 5.91 Å². The summed E-state index contributed by atoms with van der Waals surface area (Å²) in [5, 5.41) is 2.90. The molecule has 1 fully saturated rings. The van der Waals surface area contributed by atoms with Crippen LogP contribution in [0.4, 0.5) is 0 Å². The number of hydrogen-bond acceptors (Lipinski definition) is 4. The Labute approximate surface area is 126 Å². The minimum Gasteiger partial charge on any atom is -0.483 e. The summed E-state index contributed by atoms with van der Waals surface area (Å²) in [6.07, 6.45) is 3.87. The molecule has 1 aliphatic rings. The molecule has 0 aromatic heterocycles. The van der Waals surface area contributed by atoms with Crippen LogP contribution in [0.5, 0.6) is 5.75 Å². The van der Waals surface area contributed by atoms with Crippen LogP contribution in [0, 0.1) is 0 Å². The molecule has 21 heavy (non-hydrogen) atoms. The van der Waals surface area contributed by atoms with E-state index in [9.17, 15) is 4.79 Å². The van der Waals surface area contributed by atoms with Crippen LogP contribution >= 0.6 is 0 Å². The van der Waals surface area contributed by atoms with Crippen molar-refractivity contribution >= 4 is 5.91 Å². The highest BCUT2D eigenvalue weighted by Crippen LogP contribution is 2.16. The highest BCUT2D eigenvalue weighted by molar-refractivity contribution is 5.77. The second-order valence-corrected chi connectivity index (χ2v) is 5.35. The Morgan fingerprint density at radius 2 is 2.00 bits per heavy atom. The molecular formula is C16H25N3O2. The maximum Gasteiger partial charge on any atom is 0.257 e. The van der Waals surface area contributed by atoms with E-state index in [2.05, 4.69) is 10.2 Å². The van der Waals surface area contributed by atoms with Gasteiger partial charge in [-0.05, 0) is 32.0 Å². The number of piperidine rings is 1. The van der Waals surface area contributed by atoms with Crippen molar-refractivity contribution in [1.82, 2.24) is 10.2 Å². The number of rotatable bonds is 7. The first-order chi connectivity index (χ1) is 10.3. The first kappa shape index (κ1) is 15.8. The van der Waals surface area contributed by atoms with Gasteiger partial charge in [-0.1, -0.05) is 24.6 Å². The summed E-state index contributed by atoms with van der Waals surface area (Å²) in [6, 6.07) is 7.53. The van der Waals surface area contributed by atoms with Crippen LogP contribution in [-0.2, 0) is 11.3 Å². The molecule has 0 bridgehead atoms. The van der Waals surface area contributed by atoms with Gasteiger partial charge in [-0.2, -0.15) is 0 Å². The van der Waals surface area contributed by atoms with Crippen molar-refractivity contribution in [2.45, 2.75) is 25.8 Å². The van der Waals surface area contributed by atoms with E-state index in [0.717, 1.165) is 25.2 Å². The zero-order valence-corrected chi connectivity index (χ0v) is 12.5. The van der Waals surface area contributed by atoms with Crippen LogP contribution in [0.3, 0.4) is 0 Å². The predicted octanol–water partition coefficient (Wildman–Crippen LogP) is 1.13. The number of ether oxygens (including phenoxy) is 1. The largest absolute Gasteiger partial charge is 0.483 e. The van der Waals surface area contributed by atoms with E-state index in [1.54, 1.807) is 0 Å². The lowest BCUT2D eigenvalue weighted by Crippen LogP contribution is -2.39. The van der Waals surface area contributed by atoms with Gasteiger partial charge in [0.05, 0.1) is 0 Å². The first-order valence-corrected chi connectivity index (χ1v) is 7.69. The lowest BCUT2D eigenvalue weighted by Gasteiger charge is -2.26. The van der Waals surface area contributed by atoms with Crippen LogP contribution in [0.2, 0.25) is 0 Å². The van der Waals surface area contributed by atoms with Crippen molar-refractivity contribution in [3.8, 4) is 5.75 Å². The Balaban J connectivity index is 1.65. The molecule has 1 amide bonds. The van der Waals surface area contributed by atoms with Gasteiger partial charge in [0.15, 0.2) is 6.61 Å². The van der Waals surface area contributed by atoms with E-state index in [1.165, 1.54) is 19.3 Å². The quantitative estimate of drug-likeness (QED) is 0.790. The maximum atomic E-state index is 11.8. The number of para-hydroxylation sites is 1. The van der Waals surface area contributed by atoms with Gasteiger partial charge >= 0.3 is 0 Å². The fourth-order valence-electron chi connectivity index (χ4n) is 2.54. The molecular weight excluding hydrogens is 266 g/mol. The summed E-state index contributed by atoms with van der Waals surface area (Å²) >= 11 is 0. The van der Waals surface area contributed by atoms with E-state index in [1.807, 2.05) is 24.3 Å². The molecule has 1 aliphatic heterocycles. The second-order valence-electron chi connectivity index (χ2n) is 5.35. The van der Waals surface area contributed by atoms with Crippen molar-refractivity contribution < 1.29 is 9.53 Å². The van der Waals surface area contributed by atoms with Gasteiger partial charge in [-0.3, -0.25) is 4.79 Å². The summed E-state index contributed by atoms with van der Waals surface area (Å²) in [6.45, 7) is 4.35. The summed E-state index contributed by atoms with van der Waals surface area (Å²) in [7, 11) is 0. The molecule has 2 rings (SSSR count). The Morgan fingerprint density at radius 1 is 1.24 bits per heavy atom. The van der Waals surface area contributed by atoms with Gasteiger partial charge in [0.2, 0.25) is 0 Å². The molecule has 0 aliphatic carbocycles. The van der Waals surface area contributed by atoms with Crippen molar-refractivity contribution in [3.05, 3.63) is 29.8 Å². The average Bonchev–Trinajstić information content (AvgIpc) is 2.54. The standard InChI is InChI=1S/C16H25N3O2/c17-12-14-6-2-3-7-15(14)21-13-16(20)18-8-11-19-9-4-1-5-10-19/h2-3,6-7H,1,4-5,8-13,17H2,(H,18,20). The van der Waals surface area contributed by atoms with E-state index in [-0.39, 0.29) is 12.5 Å². The molecule has 0 atom stereocenters. The van der Waals surface area contributed by atoms with Crippen LogP contribution < -0.4 is 15.8 Å². The molecule has 116 valence electrons. The molecule has 3 N–H and O–H groups in total. The molecule has 1 heterocycles. The highest BCUT2D eigenvalue weighted by Gasteiger charge is 2.10.